The van der Waals surface area contributed by atoms with Crippen LogP contribution in [-0.2, 0) is 0 Å². The molecule has 17 heavy (non-hydrogen) atoms. The monoisotopic (exact) mass is 336 g/mol. The summed E-state index contributed by atoms with van der Waals surface area (Å²) < 4.78 is 0.822. The highest BCUT2D eigenvalue weighted by molar-refractivity contribution is 14.1. The number of hydrogen-bond donors (Lipinski definition) is 0. The standard InChI is InChI=1S/C16H17I/c17-16-8-4-3-7-15(16)14-10-9-12-5-1-2-6-13(12)11-14/h1-2,5-6,9-11,15-16H,3-4,7-8H2. The molecule has 1 saturated carbocycles. The van der Waals surface area contributed by atoms with Gasteiger partial charge in [-0.25, -0.2) is 0 Å². The molecule has 2 unspecified atom stereocenters. The average molecular weight is 336 g/mol. The normalized spacial score (nSPS) is 25.0. The summed E-state index contributed by atoms with van der Waals surface area (Å²) in [6.07, 6.45) is 5.57. The summed E-state index contributed by atoms with van der Waals surface area (Å²) >= 11 is 2.65. The zero-order valence-corrected chi connectivity index (χ0v) is 12.1. The topological polar surface area (TPSA) is 0 Å². The Balaban J connectivity index is 1.99. The van der Waals surface area contributed by atoms with Crippen molar-refractivity contribution in [3.8, 4) is 0 Å². The van der Waals surface area contributed by atoms with Gasteiger partial charge in [-0.2, -0.15) is 0 Å². The molecule has 0 amide bonds. The summed E-state index contributed by atoms with van der Waals surface area (Å²) in [6.45, 7) is 0. The van der Waals surface area contributed by atoms with Crippen molar-refractivity contribution >= 4 is 33.4 Å². The fourth-order valence-corrected chi connectivity index (χ4v) is 4.11. The van der Waals surface area contributed by atoms with Crippen molar-refractivity contribution in [1.82, 2.24) is 0 Å². The summed E-state index contributed by atoms with van der Waals surface area (Å²) in [4.78, 5) is 0. The number of fused-ring (bicyclic) bond motifs is 1. The predicted molar refractivity (Wildman–Crippen MR) is 83.0 cm³/mol. The van der Waals surface area contributed by atoms with E-state index in [0.29, 0.717) is 0 Å². The first-order valence-electron chi connectivity index (χ1n) is 6.47. The van der Waals surface area contributed by atoms with E-state index in [0.717, 1.165) is 9.84 Å². The first kappa shape index (κ1) is 11.5. The van der Waals surface area contributed by atoms with Gasteiger partial charge in [0.15, 0.2) is 0 Å². The summed E-state index contributed by atoms with van der Waals surface area (Å²) in [7, 11) is 0. The van der Waals surface area contributed by atoms with Crippen LogP contribution in [0.25, 0.3) is 10.8 Å². The molecule has 1 aliphatic rings. The molecule has 1 aliphatic carbocycles. The molecule has 1 fully saturated rings. The molecule has 2 aromatic rings. The Morgan fingerprint density at radius 3 is 2.47 bits per heavy atom. The second-order valence-electron chi connectivity index (χ2n) is 5.01. The maximum absolute atomic E-state index is 2.65. The molecule has 0 aromatic heterocycles. The summed E-state index contributed by atoms with van der Waals surface area (Å²) in [5.41, 5.74) is 1.54. The van der Waals surface area contributed by atoms with Crippen LogP contribution in [0.4, 0.5) is 0 Å². The van der Waals surface area contributed by atoms with Gasteiger partial charge in [-0.15, -0.1) is 0 Å². The molecule has 3 rings (SSSR count). The molecule has 1 heteroatoms. The van der Waals surface area contributed by atoms with Crippen LogP contribution in [0.1, 0.15) is 37.2 Å². The molecule has 0 N–H and O–H groups in total. The minimum Gasteiger partial charge on any atom is -0.0820 e. The van der Waals surface area contributed by atoms with Crippen LogP contribution in [0.15, 0.2) is 42.5 Å². The zero-order chi connectivity index (χ0) is 11.7. The van der Waals surface area contributed by atoms with Crippen molar-refractivity contribution in [3.05, 3.63) is 48.0 Å². The maximum atomic E-state index is 2.65. The van der Waals surface area contributed by atoms with Crippen LogP contribution in [0, 0.1) is 0 Å². The molecule has 0 radical (unpaired) electrons. The van der Waals surface area contributed by atoms with E-state index in [4.69, 9.17) is 0 Å². The van der Waals surface area contributed by atoms with Crippen molar-refractivity contribution in [2.75, 3.05) is 0 Å². The third kappa shape index (κ3) is 2.35. The predicted octanol–water partition coefficient (Wildman–Crippen LogP) is 5.30. The molecule has 0 heterocycles. The minimum atomic E-state index is 0.772. The van der Waals surface area contributed by atoms with Gasteiger partial charge in [0.2, 0.25) is 0 Å². The van der Waals surface area contributed by atoms with Gasteiger partial charge in [0, 0.05) is 3.92 Å². The van der Waals surface area contributed by atoms with Gasteiger partial charge in [0.25, 0.3) is 0 Å². The Morgan fingerprint density at radius 1 is 0.882 bits per heavy atom. The summed E-state index contributed by atoms with van der Waals surface area (Å²) in [5.74, 6) is 0.772. The molecule has 2 atom stereocenters. The van der Waals surface area contributed by atoms with E-state index in [1.807, 2.05) is 0 Å². The van der Waals surface area contributed by atoms with E-state index in [1.54, 1.807) is 5.56 Å². The molecule has 2 aromatic carbocycles. The third-order valence-electron chi connectivity index (χ3n) is 3.88. The quantitative estimate of drug-likeness (QED) is 0.490. The lowest BCUT2D eigenvalue weighted by Gasteiger charge is -2.28. The molecule has 0 aliphatic heterocycles. The Hall–Kier alpha value is -0.570. The zero-order valence-electron chi connectivity index (χ0n) is 9.90. The van der Waals surface area contributed by atoms with Crippen LogP contribution in [-0.4, -0.2) is 3.92 Å². The number of benzene rings is 2. The Bertz CT molecular complexity index is 518. The van der Waals surface area contributed by atoms with E-state index in [1.165, 1.54) is 36.5 Å². The highest BCUT2D eigenvalue weighted by atomic mass is 127. The summed E-state index contributed by atoms with van der Waals surface area (Å²) in [5, 5.41) is 2.75. The first-order chi connectivity index (χ1) is 8.34. The smallest absolute Gasteiger partial charge is 0.0178 e. The minimum absolute atomic E-state index is 0.772. The van der Waals surface area contributed by atoms with E-state index >= 15 is 0 Å². The highest BCUT2D eigenvalue weighted by Gasteiger charge is 2.23. The van der Waals surface area contributed by atoms with Crippen LogP contribution < -0.4 is 0 Å². The molecular formula is C16H17I. The largest absolute Gasteiger partial charge is 0.0820 e. The first-order valence-corrected chi connectivity index (χ1v) is 7.72. The van der Waals surface area contributed by atoms with E-state index in [-0.39, 0.29) is 0 Å². The van der Waals surface area contributed by atoms with E-state index in [2.05, 4.69) is 65.1 Å². The lowest BCUT2D eigenvalue weighted by atomic mass is 9.83. The van der Waals surface area contributed by atoms with Crippen LogP contribution in [0.2, 0.25) is 0 Å². The number of rotatable bonds is 1. The van der Waals surface area contributed by atoms with Gasteiger partial charge >= 0.3 is 0 Å². The fourth-order valence-electron chi connectivity index (χ4n) is 2.90. The van der Waals surface area contributed by atoms with Gasteiger partial charge in [0.1, 0.15) is 0 Å². The number of alkyl halides is 1. The second kappa shape index (κ2) is 4.97. The SMILES string of the molecule is IC1CCCCC1c1ccc2ccccc2c1. The Morgan fingerprint density at radius 2 is 1.65 bits per heavy atom. The van der Waals surface area contributed by atoms with Gasteiger partial charge in [0.05, 0.1) is 0 Å². The summed E-state index contributed by atoms with van der Waals surface area (Å²) in [6, 6.07) is 15.7. The maximum Gasteiger partial charge on any atom is 0.0178 e. The van der Waals surface area contributed by atoms with Gasteiger partial charge < -0.3 is 0 Å². The molecule has 0 saturated heterocycles. The van der Waals surface area contributed by atoms with Crippen molar-refractivity contribution < 1.29 is 0 Å². The molecule has 88 valence electrons. The van der Waals surface area contributed by atoms with Crippen molar-refractivity contribution in [2.45, 2.75) is 35.5 Å². The van der Waals surface area contributed by atoms with Gasteiger partial charge in [-0.05, 0) is 35.1 Å². The molecule has 0 spiro atoms. The van der Waals surface area contributed by atoms with Crippen molar-refractivity contribution in [3.63, 3.8) is 0 Å². The number of hydrogen-bond acceptors (Lipinski definition) is 0. The van der Waals surface area contributed by atoms with Crippen molar-refractivity contribution in [1.29, 1.82) is 0 Å². The molecule has 0 nitrogen and oxygen atoms in total. The van der Waals surface area contributed by atoms with Crippen molar-refractivity contribution in [2.24, 2.45) is 0 Å². The third-order valence-corrected chi connectivity index (χ3v) is 5.37. The van der Waals surface area contributed by atoms with E-state index < -0.39 is 0 Å². The average Bonchev–Trinajstić information content (AvgIpc) is 2.39. The second-order valence-corrected chi connectivity index (χ2v) is 6.61. The van der Waals surface area contributed by atoms with Crippen LogP contribution >= 0.6 is 22.6 Å². The van der Waals surface area contributed by atoms with Crippen LogP contribution in [0.3, 0.4) is 0 Å². The van der Waals surface area contributed by atoms with Gasteiger partial charge in [-0.1, -0.05) is 77.9 Å². The molecule has 0 bridgehead atoms. The number of halogens is 1. The molecular weight excluding hydrogens is 319 g/mol. The van der Waals surface area contributed by atoms with E-state index in [9.17, 15) is 0 Å². The highest BCUT2D eigenvalue weighted by Crippen LogP contribution is 2.38. The Labute approximate surface area is 117 Å². The lowest BCUT2D eigenvalue weighted by molar-refractivity contribution is 0.468. The Kier molecular flexibility index (Phi) is 3.37. The lowest BCUT2D eigenvalue weighted by Crippen LogP contribution is -2.16. The fraction of sp³-hybridized carbons (Fsp3) is 0.375. The van der Waals surface area contributed by atoms with Crippen LogP contribution in [0.5, 0.6) is 0 Å². The van der Waals surface area contributed by atoms with Gasteiger partial charge in [-0.3, -0.25) is 0 Å².